The van der Waals surface area contributed by atoms with Gasteiger partial charge in [-0.3, -0.25) is 4.79 Å². The number of aromatic nitrogens is 3. The van der Waals surface area contributed by atoms with E-state index in [0.717, 1.165) is 0 Å². The van der Waals surface area contributed by atoms with E-state index in [1.54, 1.807) is 33.9 Å². The summed E-state index contributed by atoms with van der Waals surface area (Å²) in [7, 11) is 1.54. The van der Waals surface area contributed by atoms with Gasteiger partial charge in [-0.1, -0.05) is 0 Å². The van der Waals surface area contributed by atoms with Crippen molar-refractivity contribution in [3.05, 3.63) is 23.5 Å². The maximum atomic E-state index is 12.0. The first-order valence-corrected chi connectivity index (χ1v) is 7.36. The Balaban J connectivity index is 2.30. The highest BCUT2D eigenvalue weighted by atomic mass is 32.1. The molecule has 2 aromatic rings. The molecule has 0 radical (unpaired) electrons. The van der Waals surface area contributed by atoms with Crippen LogP contribution in [0.3, 0.4) is 0 Å². The average Bonchev–Trinajstić information content (AvgIpc) is 2.98. The van der Waals surface area contributed by atoms with Gasteiger partial charge in [0.1, 0.15) is 22.4 Å². The number of thiazole rings is 1. The predicted molar refractivity (Wildman–Crippen MR) is 79.4 cm³/mol. The number of carbonyl (C=O) groups excluding carboxylic acids is 1. The molecule has 0 unspecified atom stereocenters. The number of rotatable bonds is 5. The first-order chi connectivity index (χ1) is 9.98. The maximum absolute atomic E-state index is 12.0. The molecule has 0 aliphatic heterocycles. The van der Waals surface area contributed by atoms with Crippen LogP contribution in [0.1, 0.15) is 26.5 Å². The molecule has 0 saturated carbocycles. The first kappa shape index (κ1) is 15.4. The van der Waals surface area contributed by atoms with Gasteiger partial charge in [-0.2, -0.15) is 0 Å². The fraction of sp³-hybridized carbons (Fsp3) is 0.429. The normalized spacial score (nSPS) is 11.2. The van der Waals surface area contributed by atoms with E-state index in [0.29, 0.717) is 28.9 Å². The van der Waals surface area contributed by atoms with E-state index < -0.39 is 5.41 Å². The summed E-state index contributed by atoms with van der Waals surface area (Å²) < 4.78 is 10.2. The van der Waals surface area contributed by atoms with Crippen LogP contribution in [0, 0.1) is 0 Å². The van der Waals surface area contributed by atoms with Crippen LogP contribution in [-0.2, 0) is 14.9 Å². The Morgan fingerprint density at radius 1 is 1.38 bits per heavy atom. The summed E-state index contributed by atoms with van der Waals surface area (Å²) >= 11 is 1.42. The number of nitrogens with zero attached hydrogens (tertiary/aromatic N) is 3. The highest BCUT2D eigenvalue weighted by molar-refractivity contribution is 7.13. The van der Waals surface area contributed by atoms with Crippen molar-refractivity contribution in [2.45, 2.75) is 26.2 Å². The highest BCUT2D eigenvalue weighted by Crippen LogP contribution is 2.30. The number of hydrogen-bond acceptors (Lipinski definition) is 7. The van der Waals surface area contributed by atoms with Gasteiger partial charge in [0.2, 0.25) is 5.88 Å². The molecular weight excluding hydrogens is 290 g/mol. The molecule has 6 nitrogen and oxygen atoms in total. The van der Waals surface area contributed by atoms with Crippen molar-refractivity contribution in [3.63, 3.8) is 0 Å². The van der Waals surface area contributed by atoms with Crippen molar-refractivity contribution >= 4 is 17.3 Å². The Morgan fingerprint density at radius 2 is 2.14 bits per heavy atom. The molecule has 0 atom stereocenters. The number of carbonyl (C=O) groups is 1. The zero-order valence-electron chi connectivity index (χ0n) is 12.4. The summed E-state index contributed by atoms with van der Waals surface area (Å²) in [5, 5.41) is 2.56. The average molecular weight is 307 g/mol. The fourth-order valence-corrected chi connectivity index (χ4v) is 2.62. The Morgan fingerprint density at radius 3 is 2.81 bits per heavy atom. The monoisotopic (exact) mass is 307 g/mol. The zero-order valence-corrected chi connectivity index (χ0v) is 13.2. The van der Waals surface area contributed by atoms with Crippen LogP contribution in [0.4, 0.5) is 0 Å². The van der Waals surface area contributed by atoms with E-state index in [1.165, 1.54) is 17.7 Å². The predicted octanol–water partition coefficient (Wildman–Crippen LogP) is 2.45. The molecule has 0 bridgehead atoms. The molecule has 0 saturated heterocycles. The van der Waals surface area contributed by atoms with Crippen molar-refractivity contribution in [2.75, 3.05) is 13.7 Å². The smallest absolute Gasteiger partial charge is 0.317 e. The summed E-state index contributed by atoms with van der Waals surface area (Å²) in [5.41, 5.74) is 0.540. The minimum atomic E-state index is -0.790. The summed E-state index contributed by atoms with van der Waals surface area (Å²) in [6.07, 6.45) is 1.42. The van der Waals surface area contributed by atoms with Crippen molar-refractivity contribution in [1.29, 1.82) is 0 Å². The van der Waals surface area contributed by atoms with E-state index >= 15 is 0 Å². The van der Waals surface area contributed by atoms with E-state index in [-0.39, 0.29) is 5.97 Å². The van der Waals surface area contributed by atoms with Crippen molar-refractivity contribution < 1.29 is 14.3 Å². The van der Waals surface area contributed by atoms with E-state index in [1.807, 2.05) is 5.38 Å². The van der Waals surface area contributed by atoms with Crippen molar-refractivity contribution in [1.82, 2.24) is 15.0 Å². The minimum absolute atomic E-state index is 0.290. The van der Waals surface area contributed by atoms with Gasteiger partial charge in [0.25, 0.3) is 0 Å². The van der Waals surface area contributed by atoms with Crippen LogP contribution in [0.15, 0.2) is 17.8 Å². The second-order valence-electron chi connectivity index (χ2n) is 4.83. The van der Waals surface area contributed by atoms with Gasteiger partial charge in [-0.05, 0) is 20.8 Å². The highest BCUT2D eigenvalue weighted by Gasteiger charge is 2.34. The minimum Gasteiger partial charge on any atom is -0.481 e. The summed E-state index contributed by atoms with van der Waals surface area (Å²) in [5.74, 6) is 0.184. The van der Waals surface area contributed by atoms with Crippen LogP contribution < -0.4 is 4.74 Å². The Bertz CT molecular complexity index is 640. The molecule has 0 aliphatic rings. The number of hydrogen-bond donors (Lipinski definition) is 0. The van der Waals surface area contributed by atoms with E-state index in [4.69, 9.17) is 9.47 Å². The maximum Gasteiger partial charge on any atom is 0.317 e. The summed E-state index contributed by atoms with van der Waals surface area (Å²) in [6.45, 7) is 5.73. The molecular formula is C14H17N3O3S. The molecule has 2 heterocycles. The molecule has 7 heteroatoms. The Hall–Kier alpha value is -2.02. The molecule has 2 rings (SSSR count). The van der Waals surface area contributed by atoms with E-state index in [9.17, 15) is 4.79 Å². The van der Waals surface area contributed by atoms with Crippen LogP contribution in [0.2, 0.25) is 0 Å². The van der Waals surface area contributed by atoms with Gasteiger partial charge in [-0.25, -0.2) is 15.0 Å². The van der Waals surface area contributed by atoms with Crippen LogP contribution in [0.25, 0.3) is 10.7 Å². The Labute approximate surface area is 127 Å². The third-order valence-electron chi connectivity index (χ3n) is 3.00. The van der Waals surface area contributed by atoms with Gasteiger partial charge in [0, 0.05) is 11.4 Å². The first-order valence-electron chi connectivity index (χ1n) is 6.48. The molecule has 112 valence electrons. The van der Waals surface area contributed by atoms with Crippen molar-refractivity contribution in [3.8, 4) is 16.6 Å². The summed E-state index contributed by atoms with van der Waals surface area (Å²) in [6, 6.07) is 1.71. The lowest BCUT2D eigenvalue weighted by atomic mass is 9.90. The van der Waals surface area contributed by atoms with Crippen LogP contribution in [0.5, 0.6) is 5.88 Å². The third kappa shape index (κ3) is 3.18. The van der Waals surface area contributed by atoms with Gasteiger partial charge in [0.05, 0.1) is 19.4 Å². The number of ether oxygens (including phenoxy) is 2. The van der Waals surface area contributed by atoms with Crippen LogP contribution in [-0.4, -0.2) is 34.6 Å². The van der Waals surface area contributed by atoms with Crippen LogP contribution >= 0.6 is 11.3 Å². The fourth-order valence-electron chi connectivity index (χ4n) is 1.66. The number of esters is 1. The quantitative estimate of drug-likeness (QED) is 0.790. The van der Waals surface area contributed by atoms with Crippen molar-refractivity contribution in [2.24, 2.45) is 0 Å². The molecule has 21 heavy (non-hydrogen) atoms. The lowest BCUT2D eigenvalue weighted by molar-refractivity contribution is -0.148. The van der Waals surface area contributed by atoms with E-state index in [2.05, 4.69) is 15.0 Å². The molecule has 0 aliphatic carbocycles. The van der Waals surface area contributed by atoms with Gasteiger partial charge >= 0.3 is 5.97 Å². The third-order valence-corrected chi connectivity index (χ3v) is 3.87. The standard InChI is InChI=1S/C14H17N3O3S/c1-5-20-13(18)14(2,3)10-7-21-12(17-10)9-6-11(19-4)16-8-15-9/h6-8H,5H2,1-4H3. The van der Waals surface area contributed by atoms with Gasteiger partial charge in [-0.15, -0.1) is 11.3 Å². The second-order valence-corrected chi connectivity index (χ2v) is 5.69. The zero-order chi connectivity index (χ0) is 15.5. The van der Waals surface area contributed by atoms with Gasteiger partial charge in [0.15, 0.2) is 0 Å². The molecule has 0 N–H and O–H groups in total. The lowest BCUT2D eigenvalue weighted by Gasteiger charge is -2.19. The molecule has 0 amide bonds. The SMILES string of the molecule is CCOC(=O)C(C)(C)c1csc(-c2cc(OC)ncn2)n1. The number of methoxy groups -OCH3 is 1. The van der Waals surface area contributed by atoms with Gasteiger partial charge < -0.3 is 9.47 Å². The Kier molecular flexibility index (Phi) is 4.52. The topological polar surface area (TPSA) is 74.2 Å². The molecule has 0 spiro atoms. The second kappa shape index (κ2) is 6.17. The lowest BCUT2D eigenvalue weighted by Crippen LogP contribution is -2.31. The molecule has 2 aromatic heterocycles. The molecule has 0 aromatic carbocycles. The summed E-state index contributed by atoms with van der Waals surface area (Å²) in [4.78, 5) is 24.6. The largest absolute Gasteiger partial charge is 0.481 e. The molecule has 0 fully saturated rings.